The summed E-state index contributed by atoms with van der Waals surface area (Å²) in [7, 11) is 4.16. The molecule has 0 saturated heterocycles. The van der Waals surface area contributed by atoms with Gasteiger partial charge in [-0.05, 0) is 78.4 Å². The molecule has 6 nitrogen and oxygen atoms in total. The maximum absolute atomic E-state index is 12.3. The van der Waals surface area contributed by atoms with E-state index in [4.69, 9.17) is 37.3 Å². The maximum atomic E-state index is 12.3. The predicted octanol–water partition coefficient (Wildman–Crippen LogP) is 5.69. The van der Waals surface area contributed by atoms with Gasteiger partial charge in [-0.15, -0.1) is 13.2 Å². The number of carbonyl (C=O) groups excluding carboxylic acids is 1. The molecule has 9 heteroatoms. The number of likely N-dealkylation sites (N-methyl/N-ethyl adjacent to an activating group) is 1. The molecule has 0 aliphatic heterocycles. The third kappa shape index (κ3) is 9.94. The number of aromatic nitrogens is 1. The molecule has 0 saturated carbocycles. The van der Waals surface area contributed by atoms with Crippen LogP contribution in [0.4, 0.5) is 0 Å². The van der Waals surface area contributed by atoms with E-state index in [9.17, 15) is 4.79 Å². The Labute approximate surface area is 287 Å². The van der Waals surface area contributed by atoms with Crippen LogP contribution in [0.5, 0.6) is 5.75 Å². The Balaban J connectivity index is 0.00000552. The fraction of sp³-hybridized carbons (Fsp3) is 0.333. The molecule has 0 aliphatic rings. The summed E-state index contributed by atoms with van der Waals surface area (Å²) >= 11 is 12.4. The smallest absolute Gasteiger partial charge is 0.275 e. The molecule has 0 unspecified atom stereocenters. The number of halogens is 3. The lowest BCUT2D eigenvalue weighted by molar-refractivity contribution is -0.882. The minimum atomic E-state index is 0. The number of allylic oxidation sites excluding steroid dienone is 2. The van der Waals surface area contributed by atoms with Crippen molar-refractivity contribution >= 4 is 40.2 Å². The van der Waals surface area contributed by atoms with Gasteiger partial charge in [-0.3, -0.25) is 4.79 Å². The van der Waals surface area contributed by atoms with Crippen LogP contribution in [-0.2, 0) is 17.6 Å². The van der Waals surface area contributed by atoms with E-state index in [1.165, 1.54) is 0 Å². The summed E-state index contributed by atoms with van der Waals surface area (Å²) in [5.41, 5.74) is 6.25. The number of quaternary nitrogens is 1. The highest BCUT2D eigenvalue weighted by Gasteiger charge is 2.20. The number of ether oxygens (including phenoxy) is 1. The zero-order chi connectivity index (χ0) is 31.7. The zero-order valence-electron chi connectivity index (χ0n) is 26.3. The molecular weight excluding hydrogens is 673 g/mol. The minimum Gasteiger partial charge on any atom is -1.00 e. The third-order valence-electron chi connectivity index (χ3n) is 7.42. The number of nitrogens with zero attached hydrogens (tertiary/aromatic N) is 2. The molecule has 0 spiro atoms. The number of unbranched alkanes of at least 4 members (excludes halogenated alkanes) is 1. The van der Waals surface area contributed by atoms with Gasteiger partial charge in [0.05, 0.1) is 37.3 Å². The summed E-state index contributed by atoms with van der Waals surface area (Å²) < 4.78 is 13.2. The molecule has 4 rings (SSSR count). The van der Waals surface area contributed by atoms with E-state index >= 15 is 0 Å². The van der Waals surface area contributed by atoms with E-state index < -0.39 is 0 Å². The van der Waals surface area contributed by atoms with Gasteiger partial charge in [-0.1, -0.05) is 54.8 Å². The summed E-state index contributed by atoms with van der Waals surface area (Å²) in [6.07, 6.45) is 8.01. The number of carbonyl (C=O) groups is 1. The lowest BCUT2D eigenvalue weighted by atomic mass is 9.97. The number of fused-ring (bicyclic) bond motifs is 1. The molecule has 45 heavy (non-hydrogen) atoms. The lowest BCUT2D eigenvalue weighted by Crippen LogP contribution is -3.00. The molecule has 0 fully saturated rings. The van der Waals surface area contributed by atoms with Gasteiger partial charge in [0.2, 0.25) is 5.89 Å². The fourth-order valence-corrected chi connectivity index (χ4v) is 5.45. The number of amides is 1. The number of nitrogens with one attached hydrogen (secondary N) is 1. The number of oxazole rings is 1. The van der Waals surface area contributed by atoms with E-state index in [-0.39, 0.29) is 22.9 Å². The molecule has 0 radical (unpaired) electrons. The highest BCUT2D eigenvalue weighted by molar-refractivity contribution is 6.42. The molecule has 0 atom stereocenters. The van der Waals surface area contributed by atoms with E-state index in [1.807, 2.05) is 30.4 Å². The van der Waals surface area contributed by atoms with Gasteiger partial charge in [-0.25, -0.2) is 4.98 Å². The van der Waals surface area contributed by atoms with Crippen LogP contribution >= 0.6 is 23.2 Å². The zero-order valence-corrected chi connectivity index (χ0v) is 29.4. The van der Waals surface area contributed by atoms with E-state index in [1.54, 1.807) is 12.1 Å². The highest BCUT2D eigenvalue weighted by Crippen LogP contribution is 2.37. The van der Waals surface area contributed by atoms with Gasteiger partial charge in [0.1, 0.15) is 11.3 Å². The second-order valence-corrected chi connectivity index (χ2v) is 12.5. The Bertz CT molecular complexity index is 1630. The van der Waals surface area contributed by atoms with Gasteiger partial charge in [0.25, 0.3) is 5.91 Å². The first-order valence-electron chi connectivity index (χ1n) is 15.1. The first kappa shape index (κ1) is 36.4. The number of hydrogen-bond donors (Lipinski definition) is 1. The number of benzene rings is 3. The van der Waals surface area contributed by atoms with E-state index in [0.717, 1.165) is 71.4 Å². The molecule has 1 amide bonds. The van der Waals surface area contributed by atoms with Crippen molar-refractivity contribution in [3.8, 4) is 28.3 Å². The summed E-state index contributed by atoms with van der Waals surface area (Å²) in [5, 5.41) is 3.93. The van der Waals surface area contributed by atoms with Crippen LogP contribution in [0.25, 0.3) is 33.7 Å². The standard InChI is InChI=1S/C36H41Cl2N3O3.BrH/c1-6-9-17-39-34(42)24-41(4,5)18-10-19-43-33-16-14-26(22-27(33)12-8-3)29-20-25(11-7-2)21-32-35(29)44-36(40-32)28-13-15-30(37)31(38)23-28;/h7-8,13-16,20-23H,2-3,6,9-12,17-19,24H2,1,4-5H3;1H. The van der Waals surface area contributed by atoms with Crippen LogP contribution in [-0.4, -0.2) is 55.7 Å². The maximum Gasteiger partial charge on any atom is 0.275 e. The van der Waals surface area contributed by atoms with Crippen LogP contribution in [0.1, 0.15) is 37.3 Å². The molecule has 0 bridgehead atoms. The van der Waals surface area contributed by atoms with Crippen LogP contribution in [0.15, 0.2) is 78.3 Å². The lowest BCUT2D eigenvalue weighted by Gasteiger charge is -2.29. The highest BCUT2D eigenvalue weighted by atomic mass is 79.9. The normalized spacial score (nSPS) is 11.2. The van der Waals surface area contributed by atoms with Crippen molar-refractivity contribution in [3.63, 3.8) is 0 Å². The molecule has 0 aliphatic carbocycles. The Morgan fingerprint density at radius 1 is 1.00 bits per heavy atom. The van der Waals surface area contributed by atoms with Crippen molar-refractivity contribution in [2.24, 2.45) is 0 Å². The SMILES string of the molecule is C=CCc1cc(-c2ccc(OCCC[N+](C)(C)CC(=O)NCCCC)c(CC=C)c2)c2oc(-c3ccc(Cl)c(Cl)c3)nc2c1.[Br-]. The minimum absolute atomic E-state index is 0. The molecule has 3 aromatic carbocycles. The molecule has 1 N–H and O–H groups in total. The van der Waals surface area contributed by atoms with Crippen molar-refractivity contribution in [1.29, 1.82) is 0 Å². The second kappa shape index (κ2) is 17.0. The molecule has 240 valence electrons. The molecular formula is C36H42BrCl2N3O3. The average Bonchev–Trinajstić information content (AvgIpc) is 3.41. The largest absolute Gasteiger partial charge is 1.00 e. The first-order chi connectivity index (χ1) is 21.1. The summed E-state index contributed by atoms with van der Waals surface area (Å²) in [4.78, 5) is 17.1. The summed E-state index contributed by atoms with van der Waals surface area (Å²) in [6.45, 7) is 12.6. The van der Waals surface area contributed by atoms with Crippen LogP contribution < -0.4 is 27.0 Å². The fourth-order valence-electron chi connectivity index (χ4n) is 5.15. The average molecular weight is 716 g/mol. The second-order valence-electron chi connectivity index (χ2n) is 11.7. The van der Waals surface area contributed by atoms with E-state index in [2.05, 4.69) is 57.7 Å². The number of hydrogen-bond acceptors (Lipinski definition) is 4. The van der Waals surface area contributed by atoms with Crippen molar-refractivity contribution < 1.29 is 35.4 Å². The van der Waals surface area contributed by atoms with Gasteiger partial charge < -0.3 is 35.9 Å². The van der Waals surface area contributed by atoms with Gasteiger partial charge in [0, 0.05) is 24.1 Å². The van der Waals surface area contributed by atoms with Crippen LogP contribution in [0.3, 0.4) is 0 Å². The third-order valence-corrected chi connectivity index (χ3v) is 8.16. The Hall–Kier alpha value is -3.10. The topological polar surface area (TPSA) is 64.4 Å². The van der Waals surface area contributed by atoms with Crippen molar-refractivity contribution in [2.75, 3.05) is 40.3 Å². The van der Waals surface area contributed by atoms with Crippen molar-refractivity contribution in [1.82, 2.24) is 10.3 Å². The van der Waals surface area contributed by atoms with Gasteiger partial charge in [-0.2, -0.15) is 0 Å². The molecule has 1 heterocycles. The Morgan fingerprint density at radius 2 is 1.76 bits per heavy atom. The summed E-state index contributed by atoms with van der Waals surface area (Å²) in [5.74, 6) is 1.39. The number of rotatable bonds is 16. The predicted molar refractivity (Wildman–Crippen MR) is 183 cm³/mol. The quantitative estimate of drug-likeness (QED) is 0.0921. The van der Waals surface area contributed by atoms with Crippen LogP contribution in [0.2, 0.25) is 10.0 Å². The van der Waals surface area contributed by atoms with Crippen LogP contribution in [0, 0.1) is 0 Å². The molecule has 1 aromatic heterocycles. The first-order valence-corrected chi connectivity index (χ1v) is 15.8. The Morgan fingerprint density at radius 3 is 2.47 bits per heavy atom. The monoisotopic (exact) mass is 713 g/mol. The van der Waals surface area contributed by atoms with Gasteiger partial charge >= 0.3 is 0 Å². The van der Waals surface area contributed by atoms with Crippen molar-refractivity contribution in [2.45, 2.75) is 39.0 Å². The van der Waals surface area contributed by atoms with Crippen molar-refractivity contribution in [3.05, 3.63) is 95.0 Å². The Kier molecular flexibility index (Phi) is 13.7. The summed E-state index contributed by atoms with van der Waals surface area (Å²) in [6, 6.07) is 15.7. The molecule has 4 aromatic rings. The van der Waals surface area contributed by atoms with E-state index in [0.29, 0.717) is 52.0 Å². The van der Waals surface area contributed by atoms with Gasteiger partial charge in [0.15, 0.2) is 12.1 Å².